The second-order valence-corrected chi connectivity index (χ2v) is 5.30. The predicted molar refractivity (Wildman–Crippen MR) is 88.3 cm³/mol. The Morgan fingerprint density at radius 3 is 2.62 bits per heavy atom. The molecule has 1 amide bonds. The third kappa shape index (κ3) is 2.71. The van der Waals surface area contributed by atoms with Crippen LogP contribution in [0.3, 0.4) is 0 Å². The Morgan fingerprint density at radius 1 is 1.10 bits per heavy atom. The third-order valence-electron chi connectivity index (χ3n) is 3.39. The number of amides is 1. The second kappa shape index (κ2) is 5.50. The zero-order valence-electron chi connectivity index (χ0n) is 11.5. The normalized spacial score (nSPS) is 10.5. The maximum Gasteiger partial charge on any atom is 0.256 e. The van der Waals surface area contributed by atoms with Crippen molar-refractivity contribution in [3.05, 3.63) is 70.4 Å². The van der Waals surface area contributed by atoms with Gasteiger partial charge in [-0.05, 0) is 30.7 Å². The molecule has 1 aromatic heterocycles. The lowest BCUT2D eigenvalue weighted by molar-refractivity contribution is 0.102. The highest BCUT2D eigenvalue weighted by Gasteiger charge is 2.11. The van der Waals surface area contributed by atoms with E-state index >= 15 is 0 Å². The van der Waals surface area contributed by atoms with Gasteiger partial charge in [-0.2, -0.15) is 0 Å². The Balaban J connectivity index is 2.06. The minimum Gasteiger partial charge on any atom is -0.346 e. The van der Waals surface area contributed by atoms with Crippen molar-refractivity contribution in [2.75, 3.05) is 5.32 Å². The molecular formula is C17H14N2OS. The Labute approximate surface area is 127 Å². The molecule has 2 N–H and O–H groups in total. The van der Waals surface area contributed by atoms with E-state index in [2.05, 4.69) is 10.3 Å². The Bertz CT molecular complexity index is 883. The summed E-state index contributed by atoms with van der Waals surface area (Å²) in [7, 11) is 0. The quantitative estimate of drug-likeness (QED) is 0.685. The molecule has 104 valence electrons. The molecule has 4 heteroatoms. The molecule has 0 unspecified atom stereocenters. The predicted octanol–water partition coefficient (Wildman–Crippen LogP) is 4.46. The van der Waals surface area contributed by atoms with Crippen LogP contribution in [0.15, 0.2) is 54.6 Å². The number of rotatable bonds is 2. The van der Waals surface area contributed by atoms with E-state index in [1.165, 1.54) is 0 Å². The summed E-state index contributed by atoms with van der Waals surface area (Å²) < 4.78 is 0.545. The van der Waals surface area contributed by atoms with Gasteiger partial charge in [0.1, 0.15) is 4.64 Å². The fourth-order valence-corrected chi connectivity index (χ4v) is 2.52. The number of aromatic amines is 1. The van der Waals surface area contributed by atoms with Crippen LogP contribution in [0.25, 0.3) is 10.9 Å². The number of carbonyl (C=O) groups is 1. The topological polar surface area (TPSA) is 44.9 Å². The number of benzene rings is 2. The van der Waals surface area contributed by atoms with Crippen LogP contribution in [0.1, 0.15) is 15.9 Å². The molecule has 0 aliphatic heterocycles. The van der Waals surface area contributed by atoms with Crippen LogP contribution >= 0.6 is 12.2 Å². The van der Waals surface area contributed by atoms with Crippen LogP contribution in [0.4, 0.5) is 5.69 Å². The molecule has 3 rings (SSSR count). The van der Waals surface area contributed by atoms with Gasteiger partial charge in [-0.1, -0.05) is 48.6 Å². The lowest BCUT2D eigenvalue weighted by Gasteiger charge is -2.10. The molecule has 21 heavy (non-hydrogen) atoms. The van der Waals surface area contributed by atoms with Gasteiger partial charge < -0.3 is 10.3 Å². The van der Waals surface area contributed by atoms with Crippen molar-refractivity contribution in [2.45, 2.75) is 6.92 Å². The van der Waals surface area contributed by atoms with Crippen LogP contribution in [-0.4, -0.2) is 10.9 Å². The number of fused-ring (bicyclic) bond motifs is 1. The first-order chi connectivity index (χ1) is 10.1. The van der Waals surface area contributed by atoms with Crippen LogP contribution in [-0.2, 0) is 0 Å². The molecule has 0 aliphatic rings. The minimum atomic E-state index is -0.152. The molecule has 0 radical (unpaired) electrons. The number of carbonyl (C=O) groups excluding carboxylic acids is 1. The summed E-state index contributed by atoms with van der Waals surface area (Å²) in [6.45, 7) is 1.96. The smallest absolute Gasteiger partial charge is 0.256 e. The maximum atomic E-state index is 12.6. The van der Waals surface area contributed by atoms with Gasteiger partial charge in [0.25, 0.3) is 5.91 Å². The van der Waals surface area contributed by atoms with Gasteiger partial charge in [-0.15, -0.1) is 0 Å². The molecular weight excluding hydrogens is 280 g/mol. The highest BCUT2D eigenvalue weighted by atomic mass is 32.1. The maximum absolute atomic E-state index is 12.6. The minimum absolute atomic E-state index is 0.152. The number of aryl methyl sites for hydroxylation is 1. The van der Waals surface area contributed by atoms with Gasteiger partial charge in [-0.25, -0.2) is 0 Å². The molecule has 0 saturated carbocycles. The van der Waals surface area contributed by atoms with E-state index in [0.29, 0.717) is 10.2 Å². The van der Waals surface area contributed by atoms with Crippen LogP contribution < -0.4 is 5.32 Å². The molecule has 0 fully saturated rings. The SMILES string of the molecule is Cc1ccccc1NC(=O)c1cc(=S)[nH]c2ccccc12. The summed E-state index contributed by atoms with van der Waals surface area (Å²) in [5, 5.41) is 3.81. The number of H-pyrrole nitrogens is 1. The van der Waals surface area contributed by atoms with Gasteiger partial charge in [0.05, 0.1) is 5.56 Å². The number of anilines is 1. The van der Waals surface area contributed by atoms with Crippen molar-refractivity contribution < 1.29 is 4.79 Å². The van der Waals surface area contributed by atoms with E-state index in [1.807, 2.05) is 55.5 Å². The Hall–Kier alpha value is -2.46. The molecule has 3 nitrogen and oxygen atoms in total. The molecule has 0 aliphatic carbocycles. The monoisotopic (exact) mass is 294 g/mol. The zero-order chi connectivity index (χ0) is 14.8. The molecule has 1 heterocycles. The summed E-state index contributed by atoms with van der Waals surface area (Å²) in [5.74, 6) is -0.152. The van der Waals surface area contributed by atoms with Gasteiger partial charge in [-0.3, -0.25) is 4.79 Å². The number of hydrogen-bond acceptors (Lipinski definition) is 2. The largest absolute Gasteiger partial charge is 0.346 e. The van der Waals surface area contributed by atoms with Crippen molar-refractivity contribution in [3.8, 4) is 0 Å². The van der Waals surface area contributed by atoms with E-state index in [4.69, 9.17) is 12.2 Å². The van der Waals surface area contributed by atoms with E-state index in [9.17, 15) is 4.79 Å². The lowest BCUT2D eigenvalue weighted by atomic mass is 10.1. The fourth-order valence-electron chi connectivity index (χ4n) is 2.30. The Morgan fingerprint density at radius 2 is 1.81 bits per heavy atom. The summed E-state index contributed by atoms with van der Waals surface area (Å²) in [5.41, 5.74) is 3.28. The number of aromatic nitrogens is 1. The van der Waals surface area contributed by atoms with E-state index in [1.54, 1.807) is 6.07 Å². The molecule has 0 spiro atoms. The summed E-state index contributed by atoms with van der Waals surface area (Å²) >= 11 is 5.20. The van der Waals surface area contributed by atoms with Gasteiger partial charge in [0, 0.05) is 16.6 Å². The van der Waals surface area contributed by atoms with Crippen molar-refractivity contribution in [2.24, 2.45) is 0 Å². The number of hydrogen-bond donors (Lipinski definition) is 2. The average Bonchev–Trinajstić information content (AvgIpc) is 2.48. The number of nitrogens with one attached hydrogen (secondary N) is 2. The highest BCUT2D eigenvalue weighted by molar-refractivity contribution is 7.71. The highest BCUT2D eigenvalue weighted by Crippen LogP contribution is 2.20. The zero-order valence-corrected chi connectivity index (χ0v) is 12.3. The van der Waals surface area contributed by atoms with E-state index in [0.717, 1.165) is 22.2 Å². The fraction of sp³-hybridized carbons (Fsp3) is 0.0588. The van der Waals surface area contributed by atoms with Crippen LogP contribution in [0.2, 0.25) is 0 Å². The van der Waals surface area contributed by atoms with Gasteiger partial charge in [0.2, 0.25) is 0 Å². The van der Waals surface area contributed by atoms with Crippen LogP contribution in [0, 0.1) is 11.6 Å². The number of pyridine rings is 1. The van der Waals surface area contributed by atoms with Crippen molar-refractivity contribution in [1.82, 2.24) is 4.98 Å². The van der Waals surface area contributed by atoms with Crippen molar-refractivity contribution in [1.29, 1.82) is 0 Å². The summed E-state index contributed by atoms with van der Waals surface area (Å²) in [6, 6.07) is 17.0. The van der Waals surface area contributed by atoms with Crippen molar-refractivity contribution in [3.63, 3.8) is 0 Å². The van der Waals surface area contributed by atoms with Gasteiger partial charge >= 0.3 is 0 Å². The molecule has 3 aromatic rings. The number of para-hydroxylation sites is 2. The van der Waals surface area contributed by atoms with Crippen molar-refractivity contribution >= 4 is 34.7 Å². The lowest BCUT2D eigenvalue weighted by Crippen LogP contribution is -2.13. The van der Waals surface area contributed by atoms with E-state index in [-0.39, 0.29) is 5.91 Å². The first-order valence-corrected chi connectivity index (χ1v) is 7.05. The summed E-state index contributed by atoms with van der Waals surface area (Å²) in [6.07, 6.45) is 0. The molecule has 0 atom stereocenters. The second-order valence-electron chi connectivity index (χ2n) is 4.86. The first-order valence-electron chi connectivity index (χ1n) is 6.64. The molecule has 2 aromatic carbocycles. The standard InChI is InChI=1S/C17H14N2OS/c1-11-6-2-4-8-14(11)19-17(20)13-10-16(21)18-15-9-5-3-7-12(13)15/h2-10H,1H3,(H,18,21)(H,19,20). The summed E-state index contributed by atoms with van der Waals surface area (Å²) in [4.78, 5) is 15.7. The first kappa shape index (κ1) is 13.5. The molecule has 0 saturated heterocycles. The van der Waals surface area contributed by atoms with Gasteiger partial charge in [0.15, 0.2) is 0 Å². The van der Waals surface area contributed by atoms with Crippen LogP contribution in [0.5, 0.6) is 0 Å². The average molecular weight is 294 g/mol. The van der Waals surface area contributed by atoms with E-state index < -0.39 is 0 Å². The third-order valence-corrected chi connectivity index (χ3v) is 3.61. The molecule has 0 bridgehead atoms. The Kier molecular flexibility index (Phi) is 3.54.